The molecule has 7 heteroatoms. The van der Waals surface area contributed by atoms with Crippen LogP contribution in [0.3, 0.4) is 0 Å². The topological polar surface area (TPSA) is 102 Å². The van der Waals surface area contributed by atoms with Gasteiger partial charge in [0, 0.05) is 6.07 Å². The lowest BCUT2D eigenvalue weighted by Crippen LogP contribution is -2.16. The van der Waals surface area contributed by atoms with Gasteiger partial charge in [-0.05, 0) is 31.4 Å². The predicted octanol–water partition coefficient (Wildman–Crippen LogP) is 1.40. The predicted molar refractivity (Wildman–Crippen MR) is 75.0 cm³/mol. The highest BCUT2D eigenvalue weighted by Gasteiger charge is 2.03. The second kappa shape index (κ2) is 7.72. The molecule has 0 bridgehead atoms. The van der Waals surface area contributed by atoms with Gasteiger partial charge in [0.25, 0.3) is 0 Å². The molecular weight excluding hydrogens is 280 g/mol. The van der Waals surface area contributed by atoms with Crippen LogP contribution in [0, 0.1) is 11.3 Å². The molecule has 110 valence electrons. The van der Waals surface area contributed by atoms with Crippen molar-refractivity contribution in [3.05, 3.63) is 23.8 Å². The Bertz CT molecular complexity index is 579. The number of nitrogens with zero attached hydrogens (tertiary/aromatic N) is 1. The maximum absolute atomic E-state index is 10.7. The Balaban J connectivity index is 2.37. The molecule has 0 radical (unpaired) electrons. The van der Waals surface area contributed by atoms with Crippen molar-refractivity contribution < 1.29 is 17.9 Å². The molecule has 0 amide bonds. The summed E-state index contributed by atoms with van der Waals surface area (Å²) in [5.74, 6) is 1.12. The molecule has 0 saturated carbocycles. The summed E-state index contributed by atoms with van der Waals surface area (Å²) in [4.78, 5) is 0. The van der Waals surface area contributed by atoms with Crippen molar-refractivity contribution in [1.82, 2.24) is 0 Å². The first kappa shape index (κ1) is 16.3. The first-order valence-electron chi connectivity index (χ1n) is 6.17. The summed E-state index contributed by atoms with van der Waals surface area (Å²) in [6.07, 6.45) is 1.95. The van der Waals surface area contributed by atoms with E-state index in [4.69, 9.17) is 19.9 Å². The summed E-state index contributed by atoms with van der Waals surface area (Å²) in [6.45, 7) is 0.447. The maximum Gasteiger partial charge on any atom is 0.209 e. The lowest BCUT2D eigenvalue weighted by Gasteiger charge is -2.08. The number of sulfonamides is 1. The van der Waals surface area contributed by atoms with Crippen molar-refractivity contribution in [2.45, 2.75) is 19.3 Å². The maximum atomic E-state index is 10.7. The molecule has 0 aromatic heterocycles. The van der Waals surface area contributed by atoms with Crippen LogP contribution < -0.4 is 14.6 Å². The summed E-state index contributed by atoms with van der Waals surface area (Å²) in [5, 5.41) is 13.8. The van der Waals surface area contributed by atoms with Crippen LogP contribution in [-0.2, 0) is 10.0 Å². The highest BCUT2D eigenvalue weighted by molar-refractivity contribution is 7.89. The van der Waals surface area contributed by atoms with Gasteiger partial charge in [-0.3, -0.25) is 0 Å². The number of benzene rings is 1. The normalized spacial score (nSPS) is 10.8. The fourth-order valence-electron chi connectivity index (χ4n) is 1.61. The van der Waals surface area contributed by atoms with E-state index in [9.17, 15) is 8.42 Å². The van der Waals surface area contributed by atoms with E-state index in [-0.39, 0.29) is 5.75 Å². The van der Waals surface area contributed by atoms with Gasteiger partial charge >= 0.3 is 0 Å². The van der Waals surface area contributed by atoms with Gasteiger partial charge in [-0.25, -0.2) is 13.6 Å². The van der Waals surface area contributed by atoms with Crippen molar-refractivity contribution in [2.24, 2.45) is 5.14 Å². The molecule has 1 rings (SSSR count). The van der Waals surface area contributed by atoms with Crippen LogP contribution in [-0.4, -0.2) is 27.9 Å². The summed E-state index contributed by atoms with van der Waals surface area (Å²) in [5.41, 5.74) is 0.466. The zero-order valence-corrected chi connectivity index (χ0v) is 12.1. The van der Waals surface area contributed by atoms with Gasteiger partial charge < -0.3 is 9.47 Å². The van der Waals surface area contributed by atoms with E-state index < -0.39 is 10.0 Å². The van der Waals surface area contributed by atoms with Gasteiger partial charge in [-0.15, -0.1) is 0 Å². The number of hydrogen-bond donors (Lipinski definition) is 1. The molecule has 1 aromatic carbocycles. The van der Waals surface area contributed by atoms with E-state index in [1.807, 2.05) is 6.07 Å². The van der Waals surface area contributed by atoms with Gasteiger partial charge in [-0.2, -0.15) is 5.26 Å². The average Bonchev–Trinajstić information content (AvgIpc) is 2.41. The van der Waals surface area contributed by atoms with E-state index in [1.54, 1.807) is 18.2 Å². The van der Waals surface area contributed by atoms with Crippen LogP contribution in [0.2, 0.25) is 0 Å². The minimum Gasteiger partial charge on any atom is -0.497 e. The zero-order valence-electron chi connectivity index (χ0n) is 11.3. The molecule has 1 aromatic rings. The van der Waals surface area contributed by atoms with Gasteiger partial charge in [-0.1, -0.05) is 0 Å². The summed E-state index contributed by atoms with van der Waals surface area (Å²) >= 11 is 0. The van der Waals surface area contributed by atoms with Gasteiger partial charge in [0.1, 0.15) is 11.5 Å². The molecule has 0 fully saturated rings. The number of nitriles is 1. The Morgan fingerprint density at radius 1 is 1.20 bits per heavy atom. The fourth-order valence-corrected chi connectivity index (χ4v) is 2.22. The first-order valence-corrected chi connectivity index (χ1v) is 7.88. The first-order chi connectivity index (χ1) is 9.44. The molecule has 2 N–H and O–H groups in total. The lowest BCUT2D eigenvalue weighted by molar-refractivity contribution is 0.304. The molecule has 0 unspecified atom stereocenters. The third-order valence-electron chi connectivity index (χ3n) is 2.59. The van der Waals surface area contributed by atoms with E-state index in [0.717, 1.165) is 0 Å². The quantitative estimate of drug-likeness (QED) is 0.731. The second-order valence-electron chi connectivity index (χ2n) is 4.29. The molecule has 20 heavy (non-hydrogen) atoms. The monoisotopic (exact) mass is 298 g/mol. The van der Waals surface area contributed by atoms with Crippen LogP contribution in [0.1, 0.15) is 24.8 Å². The molecular formula is C13H18N2O4S. The van der Waals surface area contributed by atoms with Crippen LogP contribution in [0.5, 0.6) is 11.5 Å². The lowest BCUT2D eigenvalue weighted by atomic mass is 10.2. The highest BCUT2D eigenvalue weighted by atomic mass is 32.2. The molecule has 0 aliphatic heterocycles. The number of ether oxygens (including phenoxy) is 2. The van der Waals surface area contributed by atoms with Crippen LogP contribution in [0.15, 0.2) is 18.2 Å². The van der Waals surface area contributed by atoms with Crippen molar-refractivity contribution >= 4 is 10.0 Å². The SMILES string of the molecule is COc1cc(C#N)cc(OCCCCCS(N)(=O)=O)c1. The van der Waals surface area contributed by atoms with Gasteiger partial charge in [0.15, 0.2) is 0 Å². The Hall–Kier alpha value is -1.78. The third-order valence-corrected chi connectivity index (χ3v) is 3.44. The second-order valence-corrected chi connectivity index (χ2v) is 6.02. The summed E-state index contributed by atoms with van der Waals surface area (Å²) in [6, 6.07) is 6.98. The molecule has 6 nitrogen and oxygen atoms in total. The number of primary sulfonamides is 1. The Morgan fingerprint density at radius 3 is 2.50 bits per heavy atom. The van der Waals surface area contributed by atoms with E-state index in [2.05, 4.69) is 0 Å². The van der Waals surface area contributed by atoms with Crippen molar-refractivity contribution in [1.29, 1.82) is 5.26 Å². The van der Waals surface area contributed by atoms with Crippen molar-refractivity contribution in [2.75, 3.05) is 19.5 Å². The molecule has 0 aliphatic rings. The Kier molecular flexibility index (Phi) is 6.28. The van der Waals surface area contributed by atoms with Crippen molar-refractivity contribution in [3.63, 3.8) is 0 Å². The van der Waals surface area contributed by atoms with E-state index >= 15 is 0 Å². The Morgan fingerprint density at radius 2 is 1.90 bits per heavy atom. The van der Waals surface area contributed by atoms with Crippen LogP contribution in [0.4, 0.5) is 0 Å². The number of unbranched alkanes of at least 4 members (excludes halogenated alkanes) is 2. The molecule has 0 spiro atoms. The number of methoxy groups -OCH3 is 1. The number of rotatable bonds is 8. The average molecular weight is 298 g/mol. The van der Waals surface area contributed by atoms with Crippen LogP contribution >= 0.6 is 0 Å². The third kappa shape index (κ3) is 6.41. The smallest absolute Gasteiger partial charge is 0.209 e. The summed E-state index contributed by atoms with van der Waals surface area (Å²) < 4.78 is 32.0. The zero-order chi connectivity index (χ0) is 15.0. The van der Waals surface area contributed by atoms with Gasteiger partial charge in [0.2, 0.25) is 10.0 Å². The molecule has 0 atom stereocenters. The Labute approximate surface area is 119 Å². The minimum absolute atomic E-state index is 0.00919. The van der Waals surface area contributed by atoms with Gasteiger partial charge in [0.05, 0.1) is 31.1 Å². The van der Waals surface area contributed by atoms with Crippen LogP contribution in [0.25, 0.3) is 0 Å². The molecule has 0 aliphatic carbocycles. The van der Waals surface area contributed by atoms with E-state index in [1.165, 1.54) is 7.11 Å². The standard InChI is InChI=1S/C13H18N2O4S/c1-18-12-7-11(10-14)8-13(9-12)19-5-3-2-4-6-20(15,16)17/h7-9H,2-6H2,1H3,(H2,15,16,17). The summed E-state index contributed by atoms with van der Waals surface area (Å²) in [7, 11) is -1.85. The number of hydrogen-bond acceptors (Lipinski definition) is 5. The largest absolute Gasteiger partial charge is 0.497 e. The molecule has 0 saturated heterocycles. The number of nitrogens with two attached hydrogens (primary N) is 1. The highest BCUT2D eigenvalue weighted by Crippen LogP contribution is 2.22. The van der Waals surface area contributed by atoms with Crippen molar-refractivity contribution in [3.8, 4) is 17.6 Å². The molecule has 0 heterocycles. The fraction of sp³-hybridized carbons (Fsp3) is 0.462. The van der Waals surface area contributed by atoms with E-state index in [0.29, 0.717) is 42.9 Å². The minimum atomic E-state index is -3.37.